The van der Waals surface area contributed by atoms with Crippen molar-refractivity contribution in [2.75, 3.05) is 62.2 Å². The van der Waals surface area contributed by atoms with Crippen molar-refractivity contribution < 1.29 is 16.8 Å². The van der Waals surface area contributed by atoms with Gasteiger partial charge in [0.1, 0.15) is 0 Å². The van der Waals surface area contributed by atoms with Gasteiger partial charge in [-0.05, 0) is 65.4 Å². The molecule has 0 aliphatic carbocycles. The number of sulfonamides is 2. The quantitative estimate of drug-likeness (QED) is 0.106. The van der Waals surface area contributed by atoms with Crippen LogP contribution < -0.4 is 9.80 Å². The van der Waals surface area contributed by atoms with Crippen molar-refractivity contribution in [3.8, 4) is 0 Å². The minimum atomic E-state index is -3.46. The number of aryl methyl sites for hydroxylation is 2. The Morgan fingerprint density at radius 3 is 1.21 bits per heavy atom. The van der Waals surface area contributed by atoms with Crippen LogP contribution in [0.2, 0.25) is 0 Å². The standard InChI is InChI=1S/C23H26BrN3O2S2.C22H24BrN3O2S2/c1-2-18-3-5-19(6-4-18)15-21-17-30-23(25-21)26-11-13-27(14-12-26)31(28,29)22-9-7-20(16-24)8-10-22;1-17-2-4-18(5-3-17)14-20-16-29-22(24-20)25-10-12-26(13-11-25)30(27,28)21-8-6-19(15-23)7-9-21/h3-10,17H,2,11-16H2,1H3;2-9,16H,10-15H2,1H3. The van der Waals surface area contributed by atoms with Crippen LogP contribution in [0.1, 0.15) is 51.7 Å². The monoisotopic (exact) mass is 1020 g/mol. The third-order valence-corrected chi connectivity index (χ3v) is 17.9. The first kappa shape index (κ1) is 45.5. The number of rotatable bonds is 13. The van der Waals surface area contributed by atoms with Crippen molar-refractivity contribution in [2.45, 2.75) is 53.6 Å². The topological polar surface area (TPSA) is 107 Å². The molecule has 322 valence electrons. The highest BCUT2D eigenvalue weighted by atomic mass is 79.9. The number of thiazole rings is 2. The smallest absolute Gasteiger partial charge is 0.243 e. The van der Waals surface area contributed by atoms with Gasteiger partial charge in [0.15, 0.2) is 10.3 Å². The number of aromatic nitrogens is 2. The Labute approximate surface area is 385 Å². The van der Waals surface area contributed by atoms with Gasteiger partial charge in [-0.15, -0.1) is 22.7 Å². The molecule has 10 nitrogen and oxygen atoms in total. The van der Waals surface area contributed by atoms with Crippen molar-refractivity contribution in [2.24, 2.45) is 0 Å². The lowest BCUT2D eigenvalue weighted by Crippen LogP contribution is -2.48. The van der Waals surface area contributed by atoms with Crippen LogP contribution in [0.15, 0.2) is 118 Å². The molecule has 2 fully saturated rings. The second-order valence-corrected chi connectivity index (χ2v) is 21.8. The van der Waals surface area contributed by atoms with Crippen LogP contribution in [-0.4, -0.2) is 87.8 Å². The van der Waals surface area contributed by atoms with Gasteiger partial charge in [0.25, 0.3) is 0 Å². The van der Waals surface area contributed by atoms with Crippen molar-refractivity contribution in [3.63, 3.8) is 0 Å². The van der Waals surface area contributed by atoms with Crippen molar-refractivity contribution in [1.82, 2.24) is 18.6 Å². The molecule has 0 radical (unpaired) electrons. The van der Waals surface area contributed by atoms with Gasteiger partial charge < -0.3 is 9.80 Å². The van der Waals surface area contributed by atoms with Crippen LogP contribution in [-0.2, 0) is 50.0 Å². The summed E-state index contributed by atoms with van der Waals surface area (Å²) in [7, 11) is -6.92. The molecule has 0 saturated carbocycles. The van der Waals surface area contributed by atoms with Crippen LogP contribution in [0.4, 0.5) is 10.3 Å². The van der Waals surface area contributed by atoms with E-state index in [1.165, 1.54) is 22.3 Å². The maximum absolute atomic E-state index is 13.0. The third-order valence-electron chi connectivity index (χ3n) is 10.9. The Morgan fingerprint density at radius 2 is 0.852 bits per heavy atom. The first-order valence-corrected chi connectivity index (χ1v) is 27.2. The van der Waals surface area contributed by atoms with E-state index in [-0.39, 0.29) is 0 Å². The second-order valence-electron chi connectivity index (χ2n) is 15.1. The average molecular weight is 1030 g/mol. The van der Waals surface area contributed by atoms with E-state index in [1.54, 1.807) is 55.5 Å². The minimum Gasteiger partial charge on any atom is -0.345 e. The maximum atomic E-state index is 13.0. The molecule has 0 unspecified atom stereocenters. The molecule has 4 heterocycles. The molecule has 61 heavy (non-hydrogen) atoms. The lowest BCUT2D eigenvalue weighted by atomic mass is 10.1. The van der Waals surface area contributed by atoms with E-state index in [4.69, 9.17) is 9.97 Å². The lowest BCUT2D eigenvalue weighted by Gasteiger charge is -2.33. The normalized spacial score (nSPS) is 15.4. The van der Waals surface area contributed by atoms with E-state index in [2.05, 4.69) is 115 Å². The van der Waals surface area contributed by atoms with Gasteiger partial charge >= 0.3 is 0 Å². The van der Waals surface area contributed by atoms with Crippen LogP contribution >= 0.6 is 54.5 Å². The van der Waals surface area contributed by atoms with Gasteiger partial charge in [-0.3, -0.25) is 0 Å². The minimum absolute atomic E-state index is 0.357. The molecule has 16 heteroatoms. The van der Waals surface area contributed by atoms with E-state index in [9.17, 15) is 16.8 Å². The highest BCUT2D eigenvalue weighted by molar-refractivity contribution is 9.08. The number of alkyl halides is 2. The van der Waals surface area contributed by atoms with Gasteiger partial charge in [-0.25, -0.2) is 26.8 Å². The molecule has 0 atom stereocenters. The molecule has 2 aliphatic rings. The molecule has 4 aromatic carbocycles. The first-order valence-electron chi connectivity index (χ1n) is 20.3. The largest absolute Gasteiger partial charge is 0.345 e. The van der Waals surface area contributed by atoms with E-state index >= 15 is 0 Å². The van der Waals surface area contributed by atoms with Gasteiger partial charge in [-0.1, -0.05) is 117 Å². The molecule has 2 aliphatic heterocycles. The highest BCUT2D eigenvalue weighted by Gasteiger charge is 2.31. The van der Waals surface area contributed by atoms with Gasteiger partial charge in [0.2, 0.25) is 20.0 Å². The summed E-state index contributed by atoms with van der Waals surface area (Å²) in [4.78, 5) is 14.7. The molecule has 8 rings (SSSR count). The third kappa shape index (κ3) is 11.6. The van der Waals surface area contributed by atoms with Crippen LogP contribution in [0.3, 0.4) is 0 Å². The summed E-state index contributed by atoms with van der Waals surface area (Å²) in [6.07, 6.45) is 2.68. The van der Waals surface area contributed by atoms with Gasteiger partial charge in [0, 0.05) is 86.6 Å². The summed E-state index contributed by atoms with van der Waals surface area (Å²) >= 11 is 10.0. The zero-order valence-electron chi connectivity index (χ0n) is 34.3. The second kappa shape index (κ2) is 20.8. The van der Waals surface area contributed by atoms with E-state index < -0.39 is 20.0 Å². The van der Waals surface area contributed by atoms with E-state index in [1.807, 2.05) is 24.3 Å². The summed E-state index contributed by atoms with van der Waals surface area (Å²) in [6, 6.07) is 31.4. The summed E-state index contributed by atoms with van der Waals surface area (Å²) in [5.41, 5.74) is 9.34. The Balaban J connectivity index is 0.000000184. The zero-order chi connectivity index (χ0) is 43.0. The summed E-state index contributed by atoms with van der Waals surface area (Å²) in [5, 5.41) is 7.58. The summed E-state index contributed by atoms with van der Waals surface area (Å²) in [6.45, 7) is 8.71. The van der Waals surface area contributed by atoms with Gasteiger partial charge in [0.05, 0.1) is 21.2 Å². The van der Waals surface area contributed by atoms with Crippen molar-refractivity contribution in [1.29, 1.82) is 0 Å². The fourth-order valence-electron chi connectivity index (χ4n) is 7.10. The Bertz CT molecular complexity index is 2550. The molecular formula is C45H50Br2N6O4S4. The SMILES string of the molecule is CCc1ccc(Cc2csc(N3CCN(S(=O)(=O)c4ccc(CBr)cc4)CC3)n2)cc1.Cc1ccc(Cc2csc(N3CCN(S(=O)(=O)c4ccc(CBr)cc4)CC3)n2)cc1. The Kier molecular flexibility index (Phi) is 15.5. The number of piperazine rings is 2. The maximum Gasteiger partial charge on any atom is 0.243 e. The number of anilines is 2. The molecule has 6 aromatic rings. The average Bonchev–Trinajstić information content (AvgIpc) is 3.98. The number of hydrogen-bond donors (Lipinski definition) is 0. The number of hydrogen-bond acceptors (Lipinski definition) is 10. The lowest BCUT2D eigenvalue weighted by molar-refractivity contribution is 0.384. The number of nitrogens with zero attached hydrogens (tertiary/aromatic N) is 6. The first-order chi connectivity index (χ1) is 29.4. The van der Waals surface area contributed by atoms with Crippen LogP contribution in [0, 0.1) is 6.92 Å². The molecule has 0 N–H and O–H groups in total. The fraction of sp³-hybridized carbons (Fsp3) is 0.333. The Morgan fingerprint density at radius 1 is 0.508 bits per heavy atom. The molecular weight excluding hydrogens is 977 g/mol. The summed E-state index contributed by atoms with van der Waals surface area (Å²) < 4.78 is 55.0. The van der Waals surface area contributed by atoms with Gasteiger partial charge in [-0.2, -0.15) is 8.61 Å². The Hall–Kier alpha value is -3.48. The van der Waals surface area contributed by atoms with E-state index in [0.717, 1.165) is 52.0 Å². The number of benzene rings is 4. The molecule has 0 amide bonds. The molecule has 2 aromatic heterocycles. The van der Waals surface area contributed by atoms with Crippen LogP contribution in [0.25, 0.3) is 0 Å². The number of halogens is 2. The van der Waals surface area contributed by atoms with Crippen molar-refractivity contribution >= 4 is 84.8 Å². The van der Waals surface area contributed by atoms with E-state index in [0.29, 0.717) is 72.8 Å². The predicted molar refractivity (Wildman–Crippen MR) is 257 cm³/mol. The predicted octanol–water partition coefficient (Wildman–Crippen LogP) is 9.15. The highest BCUT2D eigenvalue weighted by Crippen LogP contribution is 2.28. The van der Waals surface area contributed by atoms with Crippen LogP contribution in [0.5, 0.6) is 0 Å². The molecule has 0 spiro atoms. The fourth-order valence-corrected chi connectivity index (χ4v) is 12.5. The summed E-state index contributed by atoms with van der Waals surface area (Å²) in [5.74, 6) is 0. The zero-order valence-corrected chi connectivity index (χ0v) is 40.7. The molecule has 0 bridgehead atoms. The molecule has 2 saturated heterocycles. The van der Waals surface area contributed by atoms with Crippen molar-refractivity contribution in [3.05, 3.63) is 153 Å².